The van der Waals surface area contributed by atoms with Gasteiger partial charge in [-0.05, 0) is 19.1 Å². The lowest BCUT2D eigenvalue weighted by atomic mass is 10.3. The summed E-state index contributed by atoms with van der Waals surface area (Å²) in [5.74, 6) is -0.217. The molecule has 0 saturated carbocycles. The molecule has 88 valence electrons. The van der Waals surface area contributed by atoms with Crippen molar-refractivity contribution < 1.29 is 8.91 Å². The average molecular weight is 248 g/mol. The Kier molecular flexibility index (Phi) is 4.24. The van der Waals surface area contributed by atoms with Crippen LogP contribution in [0.15, 0.2) is 54.6 Å². The lowest BCUT2D eigenvalue weighted by molar-refractivity contribution is 0.388. The Morgan fingerprint density at radius 3 is 2.35 bits per heavy atom. The first-order valence-corrected chi connectivity index (χ1v) is 6.81. The Labute approximate surface area is 102 Å². The van der Waals surface area contributed by atoms with Gasteiger partial charge < -0.3 is 4.52 Å². The van der Waals surface area contributed by atoms with Gasteiger partial charge in [-0.15, -0.1) is 0 Å². The molecular weight excluding hydrogens is 234 g/mol. The summed E-state index contributed by atoms with van der Waals surface area (Å²) in [4.78, 5) is 0. The zero-order valence-corrected chi connectivity index (χ0v) is 10.5. The standard InChI is InChI=1S/C14H14FOP/c1-2-16-17(13-8-4-3-5-9-13)14-10-6-7-12(15)11-14/h3-11H,2H2,1H3. The van der Waals surface area contributed by atoms with E-state index in [9.17, 15) is 4.39 Å². The van der Waals surface area contributed by atoms with Gasteiger partial charge in [0.25, 0.3) is 0 Å². The highest BCUT2D eigenvalue weighted by molar-refractivity contribution is 7.68. The van der Waals surface area contributed by atoms with Gasteiger partial charge in [-0.3, -0.25) is 0 Å². The molecule has 1 atom stereocenters. The fourth-order valence-electron chi connectivity index (χ4n) is 1.59. The molecule has 0 aromatic heterocycles. The maximum absolute atomic E-state index is 13.2. The molecule has 17 heavy (non-hydrogen) atoms. The molecule has 0 heterocycles. The van der Waals surface area contributed by atoms with Crippen molar-refractivity contribution in [3.05, 3.63) is 60.4 Å². The predicted octanol–water partition coefficient (Wildman–Crippen LogP) is 3.21. The molecule has 2 aromatic rings. The van der Waals surface area contributed by atoms with E-state index < -0.39 is 8.15 Å². The summed E-state index contributed by atoms with van der Waals surface area (Å²) in [6.45, 7) is 2.58. The second-order valence-corrected chi connectivity index (χ2v) is 5.41. The van der Waals surface area contributed by atoms with Gasteiger partial charge in [-0.1, -0.05) is 42.5 Å². The molecule has 0 aliphatic heterocycles. The molecular formula is C14H14FOP. The Hall–Kier alpha value is -1.24. The van der Waals surface area contributed by atoms with Crippen LogP contribution in [0.2, 0.25) is 0 Å². The molecule has 3 heteroatoms. The predicted molar refractivity (Wildman–Crippen MR) is 70.7 cm³/mol. The molecule has 0 bridgehead atoms. The molecule has 0 fully saturated rings. The quantitative estimate of drug-likeness (QED) is 0.755. The number of halogens is 1. The molecule has 0 amide bonds. The fourth-order valence-corrected chi connectivity index (χ4v) is 3.35. The third kappa shape index (κ3) is 3.12. The smallest absolute Gasteiger partial charge is 0.123 e. The maximum Gasteiger partial charge on any atom is 0.123 e. The minimum absolute atomic E-state index is 0.217. The maximum atomic E-state index is 13.2. The summed E-state index contributed by atoms with van der Waals surface area (Å²) in [7, 11) is -0.907. The second kappa shape index (κ2) is 5.90. The van der Waals surface area contributed by atoms with Crippen molar-refractivity contribution in [1.82, 2.24) is 0 Å². The average Bonchev–Trinajstić information content (AvgIpc) is 2.37. The Morgan fingerprint density at radius 2 is 1.71 bits per heavy atom. The van der Waals surface area contributed by atoms with Crippen LogP contribution in [-0.2, 0) is 4.52 Å². The van der Waals surface area contributed by atoms with Crippen LogP contribution in [0.3, 0.4) is 0 Å². The lowest BCUT2D eigenvalue weighted by Gasteiger charge is -2.17. The minimum atomic E-state index is -0.907. The van der Waals surface area contributed by atoms with Gasteiger partial charge in [0, 0.05) is 17.2 Å². The molecule has 0 spiro atoms. The fraction of sp³-hybridized carbons (Fsp3) is 0.143. The summed E-state index contributed by atoms with van der Waals surface area (Å²) < 4.78 is 19.0. The first-order chi connectivity index (χ1) is 8.31. The topological polar surface area (TPSA) is 9.23 Å². The molecule has 0 N–H and O–H groups in total. The molecule has 0 radical (unpaired) electrons. The summed E-state index contributed by atoms with van der Waals surface area (Å²) >= 11 is 0. The third-order valence-electron chi connectivity index (χ3n) is 2.29. The number of rotatable bonds is 4. The number of hydrogen-bond acceptors (Lipinski definition) is 1. The number of hydrogen-bond donors (Lipinski definition) is 0. The van der Waals surface area contributed by atoms with Crippen LogP contribution in [0.4, 0.5) is 4.39 Å². The van der Waals surface area contributed by atoms with Gasteiger partial charge in [0.05, 0.1) is 8.15 Å². The molecule has 2 rings (SSSR count). The Bertz CT molecular complexity index is 473. The van der Waals surface area contributed by atoms with Crippen molar-refractivity contribution >= 4 is 18.8 Å². The van der Waals surface area contributed by atoms with Gasteiger partial charge in [-0.25, -0.2) is 4.39 Å². The summed E-state index contributed by atoms with van der Waals surface area (Å²) in [6.07, 6.45) is 0. The van der Waals surface area contributed by atoms with E-state index in [-0.39, 0.29) is 5.82 Å². The molecule has 1 unspecified atom stereocenters. The van der Waals surface area contributed by atoms with Crippen LogP contribution < -0.4 is 10.6 Å². The van der Waals surface area contributed by atoms with E-state index in [0.29, 0.717) is 6.61 Å². The highest BCUT2D eigenvalue weighted by atomic mass is 31.1. The van der Waals surface area contributed by atoms with E-state index in [1.807, 2.05) is 43.3 Å². The van der Waals surface area contributed by atoms with Crippen LogP contribution in [-0.4, -0.2) is 6.61 Å². The van der Waals surface area contributed by atoms with Crippen molar-refractivity contribution in [3.8, 4) is 0 Å². The Morgan fingerprint density at radius 1 is 1.00 bits per heavy atom. The third-order valence-corrected chi connectivity index (χ3v) is 4.32. The molecule has 2 aromatic carbocycles. The largest absolute Gasteiger partial charge is 0.350 e. The zero-order valence-electron chi connectivity index (χ0n) is 9.64. The SMILES string of the molecule is CCOP(c1ccccc1)c1cccc(F)c1. The van der Waals surface area contributed by atoms with E-state index in [2.05, 4.69) is 0 Å². The summed E-state index contributed by atoms with van der Waals surface area (Å²) in [6, 6.07) is 16.6. The Balaban J connectivity index is 2.35. The van der Waals surface area contributed by atoms with Crippen molar-refractivity contribution in [3.63, 3.8) is 0 Å². The highest BCUT2D eigenvalue weighted by Crippen LogP contribution is 2.34. The molecule has 0 aliphatic carbocycles. The van der Waals surface area contributed by atoms with Gasteiger partial charge in [0.15, 0.2) is 0 Å². The van der Waals surface area contributed by atoms with Crippen LogP contribution in [0, 0.1) is 5.82 Å². The van der Waals surface area contributed by atoms with E-state index in [0.717, 1.165) is 10.6 Å². The van der Waals surface area contributed by atoms with Crippen molar-refractivity contribution in [2.75, 3.05) is 6.61 Å². The van der Waals surface area contributed by atoms with Crippen molar-refractivity contribution in [2.24, 2.45) is 0 Å². The zero-order chi connectivity index (χ0) is 12.1. The van der Waals surface area contributed by atoms with E-state index in [4.69, 9.17) is 4.52 Å². The van der Waals surface area contributed by atoms with Gasteiger partial charge >= 0.3 is 0 Å². The van der Waals surface area contributed by atoms with E-state index in [1.165, 1.54) is 6.07 Å². The highest BCUT2D eigenvalue weighted by Gasteiger charge is 2.14. The van der Waals surface area contributed by atoms with Crippen LogP contribution in [0.25, 0.3) is 0 Å². The van der Waals surface area contributed by atoms with Crippen LogP contribution in [0.5, 0.6) is 0 Å². The van der Waals surface area contributed by atoms with Crippen molar-refractivity contribution in [1.29, 1.82) is 0 Å². The van der Waals surface area contributed by atoms with Gasteiger partial charge in [0.2, 0.25) is 0 Å². The van der Waals surface area contributed by atoms with Crippen molar-refractivity contribution in [2.45, 2.75) is 6.92 Å². The lowest BCUT2D eigenvalue weighted by Crippen LogP contribution is -2.14. The summed E-state index contributed by atoms with van der Waals surface area (Å²) in [5, 5.41) is 2.02. The first kappa shape index (κ1) is 12.2. The van der Waals surface area contributed by atoms with Crippen LogP contribution >= 0.6 is 8.15 Å². The summed E-state index contributed by atoms with van der Waals surface area (Å²) in [5.41, 5.74) is 0. The second-order valence-electron chi connectivity index (χ2n) is 3.53. The van der Waals surface area contributed by atoms with Crippen LogP contribution in [0.1, 0.15) is 6.92 Å². The first-order valence-electron chi connectivity index (χ1n) is 5.55. The molecule has 0 aliphatic rings. The van der Waals surface area contributed by atoms with Gasteiger partial charge in [-0.2, -0.15) is 0 Å². The van der Waals surface area contributed by atoms with E-state index >= 15 is 0 Å². The monoisotopic (exact) mass is 248 g/mol. The minimum Gasteiger partial charge on any atom is -0.350 e. The molecule has 0 saturated heterocycles. The number of benzene rings is 2. The van der Waals surface area contributed by atoms with E-state index in [1.54, 1.807) is 12.1 Å². The molecule has 1 nitrogen and oxygen atoms in total. The normalized spacial score (nSPS) is 12.4. The van der Waals surface area contributed by atoms with Gasteiger partial charge in [0.1, 0.15) is 5.82 Å².